The highest BCUT2D eigenvalue weighted by Gasteiger charge is 2.19. The highest BCUT2D eigenvalue weighted by molar-refractivity contribution is 7.80. The van der Waals surface area contributed by atoms with Crippen LogP contribution in [0.25, 0.3) is 0 Å². The summed E-state index contributed by atoms with van der Waals surface area (Å²) >= 11 is 5.58. The Morgan fingerprint density at radius 2 is 1.54 bits per heavy atom. The minimum Gasteiger partial charge on any atom is -0.508 e. The van der Waals surface area contributed by atoms with Crippen molar-refractivity contribution in [1.82, 2.24) is 4.90 Å². The molecule has 1 saturated heterocycles. The van der Waals surface area contributed by atoms with Crippen LogP contribution in [0.3, 0.4) is 0 Å². The molecule has 1 fully saturated rings. The summed E-state index contributed by atoms with van der Waals surface area (Å²) in [7, 11) is 0. The SMILES string of the molecule is Cc1cc(C)cc(NC(=S)N2CCN(c3ccc(O)cc3)CC2)c1. The largest absolute Gasteiger partial charge is 0.508 e. The standard InChI is InChI=1S/C19H23N3OS/c1-14-11-15(2)13-16(12-14)20-19(24)22-9-7-21(8-10-22)17-3-5-18(23)6-4-17/h3-6,11-13,23H,7-10H2,1-2H3,(H,20,24). The Balaban J connectivity index is 1.57. The van der Waals surface area contributed by atoms with Crippen LogP contribution in [0.5, 0.6) is 5.75 Å². The van der Waals surface area contributed by atoms with Gasteiger partial charge in [-0.2, -0.15) is 0 Å². The van der Waals surface area contributed by atoms with Crippen molar-refractivity contribution in [3.8, 4) is 5.75 Å². The second kappa shape index (κ2) is 7.09. The van der Waals surface area contributed by atoms with Gasteiger partial charge in [-0.25, -0.2) is 0 Å². The van der Waals surface area contributed by atoms with Gasteiger partial charge in [-0.1, -0.05) is 6.07 Å². The van der Waals surface area contributed by atoms with E-state index in [2.05, 4.69) is 47.2 Å². The molecule has 1 heterocycles. The number of hydrogen-bond acceptors (Lipinski definition) is 3. The zero-order valence-electron chi connectivity index (χ0n) is 14.1. The Kier molecular flexibility index (Phi) is 4.90. The number of thiocarbonyl (C=S) groups is 1. The van der Waals surface area contributed by atoms with Crippen LogP contribution in [0, 0.1) is 13.8 Å². The molecule has 126 valence electrons. The van der Waals surface area contributed by atoms with E-state index in [1.54, 1.807) is 12.1 Å². The lowest BCUT2D eigenvalue weighted by molar-refractivity contribution is 0.391. The third-order valence-corrected chi connectivity index (χ3v) is 4.61. The first kappa shape index (κ1) is 16.6. The van der Waals surface area contributed by atoms with Crippen molar-refractivity contribution in [2.45, 2.75) is 13.8 Å². The van der Waals surface area contributed by atoms with Crippen LogP contribution < -0.4 is 10.2 Å². The molecule has 0 saturated carbocycles. The molecular formula is C19H23N3OS. The van der Waals surface area contributed by atoms with E-state index in [9.17, 15) is 5.11 Å². The number of piperazine rings is 1. The zero-order valence-corrected chi connectivity index (χ0v) is 14.9. The Morgan fingerprint density at radius 1 is 0.958 bits per heavy atom. The molecule has 5 heteroatoms. The molecule has 1 aliphatic heterocycles. The number of benzene rings is 2. The van der Waals surface area contributed by atoms with Crippen LogP contribution >= 0.6 is 12.2 Å². The summed E-state index contributed by atoms with van der Waals surface area (Å²) in [6, 6.07) is 13.8. The lowest BCUT2D eigenvalue weighted by atomic mass is 10.1. The molecule has 0 spiro atoms. The molecule has 2 aromatic carbocycles. The minimum atomic E-state index is 0.302. The first-order valence-corrected chi connectivity index (χ1v) is 8.60. The van der Waals surface area contributed by atoms with Gasteiger partial charge in [0.05, 0.1) is 0 Å². The lowest BCUT2D eigenvalue weighted by Gasteiger charge is -2.37. The molecule has 0 radical (unpaired) electrons. The Morgan fingerprint density at radius 3 is 2.12 bits per heavy atom. The molecule has 0 atom stereocenters. The van der Waals surface area contributed by atoms with E-state index in [1.165, 1.54) is 11.1 Å². The zero-order chi connectivity index (χ0) is 17.1. The van der Waals surface area contributed by atoms with Crippen LogP contribution in [0.15, 0.2) is 42.5 Å². The summed E-state index contributed by atoms with van der Waals surface area (Å²) < 4.78 is 0. The van der Waals surface area contributed by atoms with E-state index in [-0.39, 0.29) is 0 Å². The smallest absolute Gasteiger partial charge is 0.173 e. The fraction of sp³-hybridized carbons (Fsp3) is 0.316. The highest BCUT2D eigenvalue weighted by atomic mass is 32.1. The highest BCUT2D eigenvalue weighted by Crippen LogP contribution is 2.20. The summed E-state index contributed by atoms with van der Waals surface area (Å²) in [5.74, 6) is 0.302. The molecule has 0 bridgehead atoms. The number of phenolic OH excluding ortho intramolecular Hbond substituents is 1. The summed E-state index contributed by atoms with van der Waals surface area (Å²) in [4.78, 5) is 4.53. The fourth-order valence-electron chi connectivity index (χ4n) is 3.08. The summed E-state index contributed by atoms with van der Waals surface area (Å²) in [6.07, 6.45) is 0. The van der Waals surface area contributed by atoms with Crippen molar-refractivity contribution in [3.63, 3.8) is 0 Å². The molecule has 1 aliphatic rings. The maximum absolute atomic E-state index is 9.40. The lowest BCUT2D eigenvalue weighted by Crippen LogP contribution is -2.50. The topological polar surface area (TPSA) is 38.7 Å². The van der Waals surface area contributed by atoms with Crippen LogP contribution in [-0.2, 0) is 0 Å². The van der Waals surface area contributed by atoms with E-state index in [4.69, 9.17) is 12.2 Å². The number of aromatic hydroxyl groups is 1. The summed E-state index contributed by atoms with van der Waals surface area (Å²) in [6.45, 7) is 7.79. The Hall–Kier alpha value is -2.27. The van der Waals surface area contributed by atoms with Crippen molar-refractivity contribution in [1.29, 1.82) is 0 Å². The predicted octanol–water partition coefficient (Wildman–Crippen LogP) is 3.53. The van der Waals surface area contributed by atoms with E-state index < -0.39 is 0 Å². The Bertz CT molecular complexity index is 702. The average Bonchev–Trinajstić information content (AvgIpc) is 2.55. The van der Waals surface area contributed by atoms with Crippen molar-refractivity contribution in [2.24, 2.45) is 0 Å². The monoisotopic (exact) mass is 341 g/mol. The van der Waals surface area contributed by atoms with Gasteiger partial charge in [-0.05, 0) is 73.6 Å². The normalized spacial score (nSPS) is 14.6. The summed E-state index contributed by atoms with van der Waals surface area (Å²) in [5, 5.41) is 13.5. The summed E-state index contributed by atoms with van der Waals surface area (Å²) in [5.41, 5.74) is 4.66. The third kappa shape index (κ3) is 3.97. The number of hydrogen-bond donors (Lipinski definition) is 2. The number of rotatable bonds is 2. The van der Waals surface area contributed by atoms with Gasteiger partial charge in [-0.3, -0.25) is 0 Å². The number of phenols is 1. The fourth-order valence-corrected chi connectivity index (χ4v) is 3.38. The van der Waals surface area contributed by atoms with Gasteiger partial charge < -0.3 is 20.2 Å². The number of aryl methyl sites for hydroxylation is 2. The molecule has 0 amide bonds. The van der Waals surface area contributed by atoms with Gasteiger partial charge >= 0.3 is 0 Å². The molecule has 0 unspecified atom stereocenters. The van der Waals surface area contributed by atoms with E-state index in [1.807, 2.05) is 12.1 Å². The molecule has 0 aliphatic carbocycles. The van der Waals surface area contributed by atoms with Gasteiger partial charge in [0.2, 0.25) is 0 Å². The average molecular weight is 341 g/mol. The van der Waals surface area contributed by atoms with E-state index in [0.29, 0.717) is 5.75 Å². The third-order valence-electron chi connectivity index (χ3n) is 4.25. The first-order valence-electron chi connectivity index (χ1n) is 8.19. The molecule has 0 aromatic heterocycles. The molecule has 2 N–H and O–H groups in total. The van der Waals surface area contributed by atoms with Gasteiger partial charge in [-0.15, -0.1) is 0 Å². The maximum Gasteiger partial charge on any atom is 0.173 e. The van der Waals surface area contributed by atoms with Crippen molar-refractivity contribution >= 4 is 28.7 Å². The van der Waals surface area contributed by atoms with Crippen LogP contribution in [0.4, 0.5) is 11.4 Å². The number of anilines is 2. The van der Waals surface area contributed by atoms with Crippen molar-refractivity contribution in [2.75, 3.05) is 36.4 Å². The first-order chi connectivity index (χ1) is 11.5. The van der Waals surface area contributed by atoms with E-state index >= 15 is 0 Å². The molecule has 2 aromatic rings. The number of nitrogens with zero attached hydrogens (tertiary/aromatic N) is 2. The van der Waals surface area contributed by atoms with Gasteiger partial charge in [0.15, 0.2) is 5.11 Å². The van der Waals surface area contributed by atoms with Crippen LogP contribution in [-0.4, -0.2) is 41.3 Å². The quantitative estimate of drug-likeness (QED) is 0.818. The number of nitrogens with one attached hydrogen (secondary N) is 1. The van der Waals surface area contributed by atoms with Gasteiger partial charge in [0.1, 0.15) is 5.75 Å². The molecule has 24 heavy (non-hydrogen) atoms. The minimum absolute atomic E-state index is 0.302. The Labute approximate surface area is 148 Å². The second-order valence-electron chi connectivity index (χ2n) is 6.30. The second-order valence-corrected chi connectivity index (χ2v) is 6.68. The van der Waals surface area contributed by atoms with Gasteiger partial charge in [0.25, 0.3) is 0 Å². The van der Waals surface area contributed by atoms with Gasteiger partial charge in [0, 0.05) is 37.6 Å². The van der Waals surface area contributed by atoms with Crippen molar-refractivity contribution in [3.05, 3.63) is 53.6 Å². The molecule has 3 rings (SSSR count). The van der Waals surface area contributed by atoms with Crippen molar-refractivity contribution < 1.29 is 5.11 Å². The van der Waals surface area contributed by atoms with Crippen LogP contribution in [0.1, 0.15) is 11.1 Å². The van der Waals surface area contributed by atoms with E-state index in [0.717, 1.165) is 42.7 Å². The predicted molar refractivity (Wildman–Crippen MR) is 104 cm³/mol. The van der Waals surface area contributed by atoms with Crippen LogP contribution in [0.2, 0.25) is 0 Å². The molecular weight excluding hydrogens is 318 g/mol. The maximum atomic E-state index is 9.40. The molecule has 4 nitrogen and oxygen atoms in total.